The third-order valence-electron chi connectivity index (χ3n) is 4.49. The fourth-order valence-electron chi connectivity index (χ4n) is 3.13. The lowest BCUT2D eigenvalue weighted by atomic mass is 10.0. The first-order valence-corrected chi connectivity index (χ1v) is 8.58. The van der Waals surface area contributed by atoms with E-state index in [1.165, 1.54) is 0 Å². The number of carbonyl (C=O) groups excluding carboxylic acids is 1. The first-order chi connectivity index (χ1) is 12.7. The summed E-state index contributed by atoms with van der Waals surface area (Å²) in [5.41, 5.74) is 3.51. The summed E-state index contributed by atoms with van der Waals surface area (Å²) >= 11 is 0. The lowest BCUT2D eigenvalue weighted by Gasteiger charge is -2.07. The molecule has 4 aromatic rings. The van der Waals surface area contributed by atoms with Crippen LogP contribution in [0.5, 0.6) is 5.75 Å². The number of aromatic nitrogens is 1. The van der Waals surface area contributed by atoms with Gasteiger partial charge in [-0.15, -0.1) is 0 Å². The van der Waals surface area contributed by atoms with Crippen molar-refractivity contribution >= 4 is 16.7 Å². The minimum atomic E-state index is 0.0245. The Hall–Kier alpha value is -3.33. The molecule has 0 aliphatic carbocycles. The molecule has 0 atom stereocenters. The first-order valence-electron chi connectivity index (χ1n) is 8.58. The Labute approximate surface area is 152 Å². The summed E-state index contributed by atoms with van der Waals surface area (Å²) in [4.78, 5) is 12.9. The zero-order chi connectivity index (χ0) is 17.9. The van der Waals surface area contributed by atoms with Crippen molar-refractivity contribution in [1.29, 1.82) is 0 Å². The summed E-state index contributed by atoms with van der Waals surface area (Å²) in [6.07, 6.45) is 1.89. The Balaban J connectivity index is 1.67. The molecule has 3 aromatic carbocycles. The van der Waals surface area contributed by atoms with E-state index in [9.17, 15) is 4.79 Å². The minimum Gasteiger partial charge on any atom is -0.489 e. The zero-order valence-electron chi connectivity index (χ0n) is 14.6. The van der Waals surface area contributed by atoms with E-state index >= 15 is 0 Å². The molecule has 0 amide bonds. The highest BCUT2D eigenvalue weighted by molar-refractivity contribution is 6.16. The van der Waals surface area contributed by atoms with E-state index in [1.807, 2.05) is 96.7 Å². The van der Waals surface area contributed by atoms with E-state index in [4.69, 9.17) is 4.74 Å². The van der Waals surface area contributed by atoms with Crippen molar-refractivity contribution in [3.63, 3.8) is 0 Å². The molecule has 0 saturated carbocycles. The Morgan fingerprint density at radius 2 is 1.62 bits per heavy atom. The predicted molar refractivity (Wildman–Crippen MR) is 104 cm³/mol. The molecule has 0 aliphatic heterocycles. The highest BCUT2D eigenvalue weighted by Crippen LogP contribution is 2.27. The van der Waals surface area contributed by atoms with Crippen LogP contribution >= 0.6 is 0 Å². The second-order valence-corrected chi connectivity index (χ2v) is 6.30. The highest BCUT2D eigenvalue weighted by Gasteiger charge is 2.16. The molecule has 1 heterocycles. The van der Waals surface area contributed by atoms with Gasteiger partial charge in [0, 0.05) is 35.3 Å². The van der Waals surface area contributed by atoms with Gasteiger partial charge in [-0.1, -0.05) is 60.7 Å². The maximum Gasteiger partial charge on any atom is 0.195 e. The number of hydrogen-bond acceptors (Lipinski definition) is 2. The van der Waals surface area contributed by atoms with Gasteiger partial charge in [-0.3, -0.25) is 4.79 Å². The minimum absolute atomic E-state index is 0.0245. The lowest BCUT2D eigenvalue weighted by Crippen LogP contribution is -2.00. The van der Waals surface area contributed by atoms with Gasteiger partial charge in [0.2, 0.25) is 0 Å². The van der Waals surface area contributed by atoms with Crippen molar-refractivity contribution in [1.82, 2.24) is 4.57 Å². The predicted octanol–water partition coefficient (Wildman–Crippen LogP) is 4.99. The largest absolute Gasteiger partial charge is 0.489 e. The molecule has 0 unspecified atom stereocenters. The average Bonchev–Trinajstić information content (AvgIpc) is 3.03. The summed E-state index contributed by atoms with van der Waals surface area (Å²) in [5, 5.41) is 0.909. The van der Waals surface area contributed by atoms with Crippen molar-refractivity contribution in [2.45, 2.75) is 6.61 Å². The SMILES string of the molecule is Cn1cc(C(=O)c2ccccc2)c2cc(OCc3ccccc3)ccc21. The molecule has 3 nitrogen and oxygen atoms in total. The van der Waals surface area contributed by atoms with E-state index < -0.39 is 0 Å². The third-order valence-corrected chi connectivity index (χ3v) is 4.49. The average molecular weight is 341 g/mol. The van der Waals surface area contributed by atoms with Crippen LogP contribution in [-0.2, 0) is 13.7 Å². The Morgan fingerprint density at radius 1 is 0.923 bits per heavy atom. The fourth-order valence-corrected chi connectivity index (χ4v) is 3.13. The van der Waals surface area contributed by atoms with E-state index in [-0.39, 0.29) is 5.78 Å². The van der Waals surface area contributed by atoms with Crippen molar-refractivity contribution in [3.8, 4) is 5.75 Å². The number of hydrogen-bond donors (Lipinski definition) is 0. The van der Waals surface area contributed by atoms with Crippen LogP contribution in [0.2, 0.25) is 0 Å². The lowest BCUT2D eigenvalue weighted by molar-refractivity contribution is 0.104. The summed E-state index contributed by atoms with van der Waals surface area (Å²) in [5.74, 6) is 0.783. The van der Waals surface area contributed by atoms with Crippen LogP contribution in [0.1, 0.15) is 21.5 Å². The molecular formula is C23H19NO2. The van der Waals surface area contributed by atoms with Gasteiger partial charge in [-0.05, 0) is 23.8 Å². The van der Waals surface area contributed by atoms with Crippen LogP contribution in [0.3, 0.4) is 0 Å². The third kappa shape index (κ3) is 3.11. The van der Waals surface area contributed by atoms with E-state index in [1.54, 1.807) is 0 Å². The molecule has 3 heteroatoms. The summed E-state index contributed by atoms with van der Waals surface area (Å²) in [6, 6.07) is 25.3. The van der Waals surface area contributed by atoms with E-state index in [0.717, 1.165) is 22.2 Å². The molecule has 26 heavy (non-hydrogen) atoms. The normalized spacial score (nSPS) is 10.8. The Morgan fingerprint density at radius 3 is 2.35 bits per heavy atom. The number of fused-ring (bicyclic) bond motifs is 1. The summed E-state index contributed by atoms with van der Waals surface area (Å²) in [7, 11) is 1.95. The quantitative estimate of drug-likeness (QED) is 0.479. The van der Waals surface area contributed by atoms with Gasteiger partial charge < -0.3 is 9.30 Å². The molecule has 0 aliphatic rings. The van der Waals surface area contributed by atoms with Gasteiger partial charge in [0.15, 0.2) is 5.78 Å². The van der Waals surface area contributed by atoms with Crippen molar-refractivity contribution in [2.75, 3.05) is 0 Å². The van der Waals surface area contributed by atoms with E-state index in [2.05, 4.69) is 0 Å². The Kier molecular flexibility index (Phi) is 4.28. The van der Waals surface area contributed by atoms with Gasteiger partial charge in [-0.25, -0.2) is 0 Å². The Bertz CT molecular complexity index is 1050. The second kappa shape index (κ2) is 6.89. The van der Waals surface area contributed by atoms with Crippen LogP contribution in [0, 0.1) is 0 Å². The molecule has 0 saturated heterocycles. The first kappa shape index (κ1) is 16.2. The molecule has 0 N–H and O–H groups in total. The van der Waals surface area contributed by atoms with Crippen LogP contribution in [0.4, 0.5) is 0 Å². The van der Waals surface area contributed by atoms with Crippen LogP contribution < -0.4 is 4.74 Å². The summed E-state index contributed by atoms with van der Waals surface area (Å²) in [6.45, 7) is 0.501. The van der Waals surface area contributed by atoms with Crippen LogP contribution in [0.15, 0.2) is 85.1 Å². The molecule has 4 rings (SSSR count). The molecule has 1 aromatic heterocycles. The maximum atomic E-state index is 12.9. The number of nitrogens with zero attached hydrogens (tertiary/aromatic N) is 1. The standard InChI is InChI=1S/C23H19NO2/c1-24-15-21(23(25)18-10-6-3-7-11-18)20-14-19(12-13-22(20)24)26-16-17-8-4-2-5-9-17/h2-15H,16H2,1H3. The van der Waals surface area contributed by atoms with Crippen LogP contribution in [0.25, 0.3) is 10.9 Å². The maximum absolute atomic E-state index is 12.9. The highest BCUT2D eigenvalue weighted by atomic mass is 16.5. The number of carbonyl (C=O) groups is 1. The summed E-state index contributed by atoms with van der Waals surface area (Å²) < 4.78 is 7.91. The number of rotatable bonds is 5. The number of ketones is 1. The van der Waals surface area contributed by atoms with Gasteiger partial charge in [-0.2, -0.15) is 0 Å². The number of benzene rings is 3. The molecule has 0 bridgehead atoms. The van der Waals surface area contributed by atoms with Gasteiger partial charge >= 0.3 is 0 Å². The number of aryl methyl sites for hydroxylation is 1. The smallest absolute Gasteiger partial charge is 0.195 e. The van der Waals surface area contributed by atoms with Crippen molar-refractivity contribution in [3.05, 3.63) is 102 Å². The second-order valence-electron chi connectivity index (χ2n) is 6.30. The van der Waals surface area contributed by atoms with E-state index in [0.29, 0.717) is 17.7 Å². The van der Waals surface area contributed by atoms with Crippen molar-refractivity contribution < 1.29 is 9.53 Å². The van der Waals surface area contributed by atoms with Gasteiger partial charge in [0.1, 0.15) is 12.4 Å². The molecule has 0 fully saturated rings. The molecule has 0 spiro atoms. The monoisotopic (exact) mass is 341 g/mol. The van der Waals surface area contributed by atoms with Gasteiger partial charge in [0.25, 0.3) is 0 Å². The van der Waals surface area contributed by atoms with Crippen molar-refractivity contribution in [2.24, 2.45) is 7.05 Å². The molecular weight excluding hydrogens is 322 g/mol. The topological polar surface area (TPSA) is 31.2 Å². The number of ether oxygens (including phenoxy) is 1. The van der Waals surface area contributed by atoms with Gasteiger partial charge in [0.05, 0.1) is 0 Å². The van der Waals surface area contributed by atoms with Crippen LogP contribution in [-0.4, -0.2) is 10.4 Å². The molecule has 128 valence electrons. The molecule has 0 radical (unpaired) electrons. The fraction of sp³-hybridized carbons (Fsp3) is 0.0870. The zero-order valence-corrected chi connectivity index (χ0v) is 14.6.